The van der Waals surface area contributed by atoms with Crippen LogP contribution in [0.3, 0.4) is 0 Å². The van der Waals surface area contributed by atoms with Crippen molar-refractivity contribution in [2.24, 2.45) is 0 Å². The van der Waals surface area contributed by atoms with E-state index in [1.165, 1.54) is 3.79 Å². The SMILES string of the molecule is Brc1csc(Br)c1.CC(C)Oc1ccc(-c2cc(Br)cs2)cc1C#N. The molecule has 0 unspecified atom stereocenters. The van der Waals surface area contributed by atoms with E-state index >= 15 is 0 Å². The van der Waals surface area contributed by atoms with Crippen LogP contribution in [0.15, 0.2) is 53.8 Å². The van der Waals surface area contributed by atoms with Crippen LogP contribution in [-0.4, -0.2) is 6.10 Å². The van der Waals surface area contributed by atoms with Crippen LogP contribution in [0.25, 0.3) is 10.4 Å². The fourth-order valence-corrected chi connectivity index (χ4v) is 5.29. The van der Waals surface area contributed by atoms with E-state index in [1.54, 1.807) is 22.7 Å². The molecule has 1 aromatic carbocycles. The van der Waals surface area contributed by atoms with Crippen molar-refractivity contribution in [1.29, 1.82) is 5.26 Å². The molecular weight excluding hydrogens is 550 g/mol. The summed E-state index contributed by atoms with van der Waals surface area (Å²) in [5.74, 6) is 0.645. The van der Waals surface area contributed by atoms with Gasteiger partial charge in [-0.2, -0.15) is 5.26 Å². The molecule has 0 spiro atoms. The molecule has 0 saturated carbocycles. The molecule has 2 nitrogen and oxygen atoms in total. The van der Waals surface area contributed by atoms with Gasteiger partial charge in [-0.1, -0.05) is 0 Å². The predicted molar refractivity (Wildman–Crippen MR) is 118 cm³/mol. The number of rotatable bonds is 3. The van der Waals surface area contributed by atoms with Crippen LogP contribution < -0.4 is 4.74 Å². The van der Waals surface area contributed by atoms with Gasteiger partial charge in [0, 0.05) is 24.6 Å². The van der Waals surface area contributed by atoms with E-state index in [1.807, 2.05) is 54.9 Å². The van der Waals surface area contributed by atoms with Crippen LogP contribution >= 0.6 is 70.5 Å². The van der Waals surface area contributed by atoms with Crippen LogP contribution in [0.5, 0.6) is 5.75 Å². The lowest BCUT2D eigenvalue weighted by Crippen LogP contribution is -2.06. The molecule has 25 heavy (non-hydrogen) atoms. The Morgan fingerprint density at radius 1 is 1.00 bits per heavy atom. The topological polar surface area (TPSA) is 33.0 Å². The van der Waals surface area contributed by atoms with Gasteiger partial charge in [0.15, 0.2) is 0 Å². The average molecular weight is 564 g/mol. The van der Waals surface area contributed by atoms with Crippen molar-refractivity contribution in [3.05, 3.63) is 59.4 Å². The van der Waals surface area contributed by atoms with E-state index in [0.717, 1.165) is 19.4 Å². The maximum Gasteiger partial charge on any atom is 0.137 e. The third-order valence-electron chi connectivity index (χ3n) is 2.85. The van der Waals surface area contributed by atoms with Gasteiger partial charge in [0.1, 0.15) is 11.8 Å². The number of thiophene rings is 2. The van der Waals surface area contributed by atoms with E-state index in [4.69, 9.17) is 4.74 Å². The molecule has 0 fully saturated rings. The number of nitriles is 1. The lowest BCUT2D eigenvalue weighted by Gasteiger charge is -2.11. The van der Waals surface area contributed by atoms with E-state index in [9.17, 15) is 5.26 Å². The zero-order valence-corrected chi connectivity index (χ0v) is 19.8. The lowest BCUT2D eigenvalue weighted by molar-refractivity contribution is 0.242. The number of hydrogen-bond donors (Lipinski definition) is 0. The molecule has 2 heterocycles. The van der Waals surface area contributed by atoms with Gasteiger partial charge in [0.05, 0.1) is 15.5 Å². The molecule has 0 radical (unpaired) electrons. The highest BCUT2D eigenvalue weighted by Gasteiger charge is 2.09. The number of halogens is 3. The van der Waals surface area contributed by atoms with Crippen molar-refractivity contribution in [1.82, 2.24) is 0 Å². The van der Waals surface area contributed by atoms with Crippen LogP contribution in [0, 0.1) is 11.3 Å². The van der Waals surface area contributed by atoms with Crippen molar-refractivity contribution >= 4 is 70.5 Å². The maximum atomic E-state index is 9.17. The minimum Gasteiger partial charge on any atom is -0.490 e. The normalized spacial score (nSPS) is 10.1. The Morgan fingerprint density at radius 3 is 2.12 bits per heavy atom. The fourth-order valence-electron chi connectivity index (χ4n) is 1.88. The molecule has 0 aliphatic heterocycles. The third kappa shape index (κ3) is 6.54. The standard InChI is InChI=1S/C14H12BrNOS.C4H2Br2S/c1-9(2)17-13-4-3-10(5-11(13)7-16)14-6-12(15)8-18-14;5-3-1-4(6)7-2-3/h3-6,8-9H,1-2H3;1-2H. The Labute approximate surface area is 180 Å². The van der Waals surface area contributed by atoms with Crippen molar-refractivity contribution < 1.29 is 4.74 Å². The first kappa shape index (κ1) is 20.7. The van der Waals surface area contributed by atoms with E-state index in [2.05, 4.69) is 53.9 Å². The molecule has 0 aliphatic rings. The highest BCUT2D eigenvalue weighted by molar-refractivity contribution is 9.11. The van der Waals surface area contributed by atoms with Gasteiger partial charge in [0.2, 0.25) is 0 Å². The Bertz CT molecular complexity index is 864. The summed E-state index contributed by atoms with van der Waals surface area (Å²) in [4.78, 5) is 1.13. The van der Waals surface area contributed by atoms with Crippen LogP contribution in [0.1, 0.15) is 19.4 Å². The zero-order valence-electron chi connectivity index (χ0n) is 13.4. The second-order valence-electron chi connectivity index (χ2n) is 5.19. The van der Waals surface area contributed by atoms with Gasteiger partial charge < -0.3 is 4.74 Å². The van der Waals surface area contributed by atoms with Crippen LogP contribution in [0.2, 0.25) is 0 Å². The molecule has 3 rings (SSSR count). The molecule has 130 valence electrons. The van der Waals surface area contributed by atoms with E-state index in [0.29, 0.717) is 11.3 Å². The third-order valence-corrected chi connectivity index (χ3v) is 6.86. The van der Waals surface area contributed by atoms with Gasteiger partial charge in [-0.15, -0.1) is 22.7 Å². The van der Waals surface area contributed by atoms with Gasteiger partial charge in [-0.3, -0.25) is 0 Å². The largest absolute Gasteiger partial charge is 0.490 e. The van der Waals surface area contributed by atoms with Gasteiger partial charge in [-0.05, 0) is 97.5 Å². The molecule has 2 aromatic heterocycles. The summed E-state index contributed by atoms with van der Waals surface area (Å²) in [6.07, 6.45) is 0.0684. The summed E-state index contributed by atoms with van der Waals surface area (Å²) in [6, 6.07) is 12.0. The Balaban J connectivity index is 0.000000269. The predicted octanol–water partition coefficient (Wildman–Crippen LogP) is 8.11. The smallest absolute Gasteiger partial charge is 0.137 e. The highest BCUT2D eigenvalue weighted by Crippen LogP contribution is 2.32. The van der Waals surface area contributed by atoms with Crippen molar-refractivity contribution in [3.8, 4) is 22.3 Å². The van der Waals surface area contributed by atoms with Gasteiger partial charge in [-0.25, -0.2) is 0 Å². The molecule has 3 aromatic rings. The number of ether oxygens (including phenoxy) is 1. The van der Waals surface area contributed by atoms with Crippen LogP contribution in [-0.2, 0) is 0 Å². The fraction of sp³-hybridized carbons (Fsp3) is 0.167. The second kappa shape index (κ2) is 9.89. The van der Waals surface area contributed by atoms with Crippen LogP contribution in [0.4, 0.5) is 0 Å². The molecule has 0 bridgehead atoms. The monoisotopic (exact) mass is 561 g/mol. The molecule has 0 N–H and O–H groups in total. The van der Waals surface area contributed by atoms with Crippen molar-refractivity contribution in [2.75, 3.05) is 0 Å². The Morgan fingerprint density at radius 2 is 1.68 bits per heavy atom. The first-order valence-electron chi connectivity index (χ1n) is 7.23. The molecule has 7 heteroatoms. The summed E-state index contributed by atoms with van der Waals surface area (Å²) >= 11 is 13.4. The van der Waals surface area contributed by atoms with Gasteiger partial charge in [0.25, 0.3) is 0 Å². The zero-order chi connectivity index (χ0) is 18.4. The minimum absolute atomic E-state index is 0.0684. The summed E-state index contributed by atoms with van der Waals surface area (Å²) in [6.45, 7) is 3.90. The molecule has 0 saturated heterocycles. The second-order valence-corrected chi connectivity index (χ2v) is 10.2. The average Bonchev–Trinajstić information content (AvgIpc) is 3.16. The number of benzene rings is 1. The summed E-state index contributed by atoms with van der Waals surface area (Å²) in [5.41, 5.74) is 1.61. The summed E-state index contributed by atoms with van der Waals surface area (Å²) < 4.78 is 8.97. The van der Waals surface area contributed by atoms with E-state index in [-0.39, 0.29) is 6.10 Å². The molecule has 0 amide bonds. The quantitative estimate of drug-likeness (QED) is 0.322. The lowest BCUT2D eigenvalue weighted by atomic mass is 10.1. The van der Waals surface area contributed by atoms with Crippen molar-refractivity contribution in [2.45, 2.75) is 20.0 Å². The molecular formula is C18H14Br3NOS2. The maximum absolute atomic E-state index is 9.17. The number of hydrogen-bond acceptors (Lipinski definition) is 4. The summed E-state index contributed by atoms with van der Waals surface area (Å²) in [7, 11) is 0. The van der Waals surface area contributed by atoms with Crippen molar-refractivity contribution in [3.63, 3.8) is 0 Å². The first-order valence-corrected chi connectivity index (χ1v) is 11.4. The number of nitrogens with zero attached hydrogens (tertiary/aromatic N) is 1. The molecule has 0 aliphatic carbocycles. The Kier molecular flexibility index (Phi) is 8.17. The molecule has 0 atom stereocenters. The highest BCUT2D eigenvalue weighted by atomic mass is 79.9. The summed E-state index contributed by atoms with van der Waals surface area (Å²) in [5, 5.41) is 13.2. The Hall–Kier alpha value is -0.650. The minimum atomic E-state index is 0.0684. The van der Waals surface area contributed by atoms with E-state index < -0.39 is 0 Å². The van der Waals surface area contributed by atoms with Gasteiger partial charge >= 0.3 is 0 Å². The first-order chi connectivity index (χ1) is 11.9.